The van der Waals surface area contributed by atoms with Crippen molar-refractivity contribution in [2.45, 2.75) is 38.7 Å². The van der Waals surface area contributed by atoms with Gasteiger partial charge in [0.1, 0.15) is 0 Å². The minimum atomic E-state index is -2.82. The second-order valence-electron chi connectivity index (χ2n) is 5.08. The smallest absolute Gasteiger partial charge is 0.150 e. The topological polar surface area (TPSA) is 54.4 Å². The predicted octanol–water partition coefficient (Wildman–Crippen LogP) is 2.04. The molecular weight excluding hydrogens is 268 g/mol. The van der Waals surface area contributed by atoms with E-state index in [9.17, 15) is 13.5 Å². The SMILES string of the molecule is CCc1ccc(CC(O)CC2CCS(=O)(=O)C2)s1. The first-order valence-corrected chi connectivity index (χ1v) is 9.08. The summed E-state index contributed by atoms with van der Waals surface area (Å²) in [5.41, 5.74) is 0. The normalized spacial score (nSPS) is 24.2. The number of thiophene rings is 1. The van der Waals surface area contributed by atoms with E-state index in [-0.39, 0.29) is 11.7 Å². The molecule has 0 aromatic carbocycles. The van der Waals surface area contributed by atoms with Crippen molar-refractivity contribution in [3.8, 4) is 0 Å². The molecule has 0 spiro atoms. The van der Waals surface area contributed by atoms with Gasteiger partial charge in [0.05, 0.1) is 17.6 Å². The highest BCUT2D eigenvalue weighted by molar-refractivity contribution is 7.91. The molecule has 102 valence electrons. The molecule has 0 bridgehead atoms. The lowest BCUT2D eigenvalue weighted by molar-refractivity contribution is 0.147. The second kappa shape index (κ2) is 5.72. The number of sulfone groups is 1. The van der Waals surface area contributed by atoms with Gasteiger partial charge in [0, 0.05) is 16.2 Å². The summed E-state index contributed by atoms with van der Waals surface area (Å²) in [6.07, 6.45) is 2.59. The van der Waals surface area contributed by atoms with Gasteiger partial charge in [-0.3, -0.25) is 0 Å². The fourth-order valence-corrected chi connectivity index (χ4v) is 5.39. The summed E-state index contributed by atoms with van der Waals surface area (Å²) in [7, 11) is -2.82. The van der Waals surface area contributed by atoms with E-state index >= 15 is 0 Å². The van der Waals surface area contributed by atoms with Crippen LogP contribution < -0.4 is 0 Å². The van der Waals surface area contributed by atoms with E-state index in [1.807, 2.05) is 0 Å². The number of aliphatic hydroxyl groups excluding tert-OH is 1. The summed E-state index contributed by atoms with van der Waals surface area (Å²) < 4.78 is 22.7. The minimum absolute atomic E-state index is 0.149. The third-order valence-corrected chi connectivity index (χ3v) is 6.52. The molecule has 1 fully saturated rings. The molecule has 2 heterocycles. The number of aryl methyl sites for hydroxylation is 1. The summed E-state index contributed by atoms with van der Waals surface area (Å²) in [5.74, 6) is 0.702. The lowest BCUT2D eigenvalue weighted by atomic mass is 9.99. The van der Waals surface area contributed by atoms with Crippen LogP contribution >= 0.6 is 11.3 Å². The number of aliphatic hydroxyl groups is 1. The van der Waals surface area contributed by atoms with Crippen LogP contribution in [0.15, 0.2) is 12.1 Å². The van der Waals surface area contributed by atoms with Crippen molar-refractivity contribution in [1.29, 1.82) is 0 Å². The van der Waals surface area contributed by atoms with Crippen LogP contribution in [0.3, 0.4) is 0 Å². The summed E-state index contributed by atoms with van der Waals surface area (Å²) in [5, 5.41) is 10.0. The fourth-order valence-electron chi connectivity index (χ4n) is 2.48. The molecule has 1 aromatic heterocycles. The van der Waals surface area contributed by atoms with Crippen molar-refractivity contribution in [2.75, 3.05) is 11.5 Å². The Hall–Kier alpha value is -0.390. The van der Waals surface area contributed by atoms with Crippen molar-refractivity contribution in [3.63, 3.8) is 0 Å². The number of hydrogen-bond donors (Lipinski definition) is 1. The van der Waals surface area contributed by atoms with Crippen LogP contribution in [0.4, 0.5) is 0 Å². The molecular formula is C13H20O3S2. The molecule has 2 unspecified atom stereocenters. The highest BCUT2D eigenvalue weighted by Gasteiger charge is 2.29. The van der Waals surface area contributed by atoms with Gasteiger partial charge >= 0.3 is 0 Å². The summed E-state index contributed by atoms with van der Waals surface area (Å²) >= 11 is 1.74. The van der Waals surface area contributed by atoms with Crippen LogP contribution in [0.5, 0.6) is 0 Å². The molecule has 0 aliphatic carbocycles. The summed E-state index contributed by atoms with van der Waals surface area (Å²) in [6.45, 7) is 2.12. The van der Waals surface area contributed by atoms with E-state index in [0.717, 1.165) is 6.42 Å². The van der Waals surface area contributed by atoms with Crippen LogP contribution in [0.1, 0.15) is 29.5 Å². The van der Waals surface area contributed by atoms with Crippen molar-refractivity contribution in [2.24, 2.45) is 5.92 Å². The van der Waals surface area contributed by atoms with E-state index in [2.05, 4.69) is 19.1 Å². The summed E-state index contributed by atoms with van der Waals surface area (Å²) in [6, 6.07) is 4.17. The van der Waals surface area contributed by atoms with Gasteiger partial charge < -0.3 is 5.11 Å². The zero-order chi connectivity index (χ0) is 13.2. The highest BCUT2D eigenvalue weighted by Crippen LogP contribution is 2.25. The maximum absolute atomic E-state index is 11.3. The number of rotatable bonds is 5. The quantitative estimate of drug-likeness (QED) is 0.902. The third kappa shape index (κ3) is 3.80. The van der Waals surface area contributed by atoms with Crippen LogP contribution in [-0.2, 0) is 22.7 Å². The zero-order valence-electron chi connectivity index (χ0n) is 10.6. The molecule has 0 radical (unpaired) electrons. The van der Waals surface area contributed by atoms with Crippen LogP contribution in [-0.4, -0.2) is 31.1 Å². The molecule has 2 rings (SSSR count). The molecule has 1 aliphatic rings. The average Bonchev–Trinajstić information content (AvgIpc) is 2.85. The fraction of sp³-hybridized carbons (Fsp3) is 0.692. The second-order valence-corrected chi connectivity index (χ2v) is 8.57. The van der Waals surface area contributed by atoms with Gasteiger partial charge in [-0.05, 0) is 37.3 Å². The van der Waals surface area contributed by atoms with Gasteiger partial charge in [0.25, 0.3) is 0 Å². The highest BCUT2D eigenvalue weighted by atomic mass is 32.2. The Kier molecular flexibility index (Phi) is 4.45. The molecule has 0 saturated carbocycles. The molecule has 18 heavy (non-hydrogen) atoms. The van der Waals surface area contributed by atoms with Crippen LogP contribution in [0.2, 0.25) is 0 Å². The largest absolute Gasteiger partial charge is 0.393 e. The molecule has 1 aromatic rings. The van der Waals surface area contributed by atoms with E-state index in [0.29, 0.717) is 25.0 Å². The zero-order valence-corrected chi connectivity index (χ0v) is 12.3. The van der Waals surface area contributed by atoms with Gasteiger partial charge in [-0.1, -0.05) is 6.92 Å². The molecule has 1 saturated heterocycles. The van der Waals surface area contributed by atoms with E-state index in [1.165, 1.54) is 9.75 Å². The first kappa shape index (κ1) is 14.0. The Balaban J connectivity index is 1.83. The van der Waals surface area contributed by atoms with Crippen LogP contribution in [0.25, 0.3) is 0 Å². The molecule has 1 aliphatic heterocycles. The van der Waals surface area contributed by atoms with E-state index < -0.39 is 15.9 Å². The average molecular weight is 288 g/mol. The van der Waals surface area contributed by atoms with Crippen molar-refractivity contribution in [3.05, 3.63) is 21.9 Å². The standard InChI is InChI=1S/C13H20O3S2/c1-2-12-3-4-13(17-12)8-11(14)7-10-5-6-18(15,16)9-10/h3-4,10-11,14H,2,5-9H2,1H3. The van der Waals surface area contributed by atoms with Gasteiger partial charge in [0.15, 0.2) is 9.84 Å². The summed E-state index contributed by atoms with van der Waals surface area (Å²) in [4.78, 5) is 2.53. The molecule has 1 N–H and O–H groups in total. The molecule has 5 heteroatoms. The molecule has 3 nitrogen and oxygen atoms in total. The maximum Gasteiger partial charge on any atom is 0.150 e. The lowest BCUT2D eigenvalue weighted by Crippen LogP contribution is -2.16. The predicted molar refractivity (Wildman–Crippen MR) is 74.8 cm³/mol. The molecule has 0 amide bonds. The Morgan fingerprint density at radius 2 is 2.17 bits per heavy atom. The van der Waals surface area contributed by atoms with Gasteiger partial charge in [-0.25, -0.2) is 8.42 Å². The van der Waals surface area contributed by atoms with Crippen LogP contribution in [0, 0.1) is 5.92 Å². The molecule has 2 atom stereocenters. The third-order valence-electron chi connectivity index (χ3n) is 3.43. The van der Waals surface area contributed by atoms with E-state index in [4.69, 9.17) is 0 Å². The lowest BCUT2D eigenvalue weighted by Gasteiger charge is -2.13. The number of hydrogen-bond acceptors (Lipinski definition) is 4. The first-order chi connectivity index (χ1) is 8.48. The Bertz CT molecular complexity index is 490. The van der Waals surface area contributed by atoms with E-state index in [1.54, 1.807) is 11.3 Å². The van der Waals surface area contributed by atoms with Crippen molar-refractivity contribution >= 4 is 21.2 Å². The Labute approximate surface area is 113 Å². The maximum atomic E-state index is 11.3. The van der Waals surface area contributed by atoms with Gasteiger partial charge in [-0.15, -0.1) is 11.3 Å². The van der Waals surface area contributed by atoms with Gasteiger partial charge in [0.2, 0.25) is 0 Å². The monoisotopic (exact) mass is 288 g/mol. The van der Waals surface area contributed by atoms with Crippen molar-refractivity contribution < 1.29 is 13.5 Å². The van der Waals surface area contributed by atoms with Crippen molar-refractivity contribution in [1.82, 2.24) is 0 Å². The van der Waals surface area contributed by atoms with Gasteiger partial charge in [-0.2, -0.15) is 0 Å². The first-order valence-electron chi connectivity index (χ1n) is 6.44. The Morgan fingerprint density at radius 1 is 1.44 bits per heavy atom. The minimum Gasteiger partial charge on any atom is -0.393 e. The Morgan fingerprint density at radius 3 is 2.72 bits per heavy atom.